The number of hydrogen-bond acceptors (Lipinski definition) is 3. The zero-order valence-electron chi connectivity index (χ0n) is 16.0. The Labute approximate surface area is 155 Å². The first-order valence-corrected chi connectivity index (χ1v) is 9.21. The van der Waals surface area contributed by atoms with Crippen LogP contribution in [0.25, 0.3) is 10.9 Å². The molecular formula is C22H27N3O. The van der Waals surface area contributed by atoms with E-state index in [4.69, 9.17) is 0 Å². The number of carbonyl (C=O) groups is 1. The van der Waals surface area contributed by atoms with Gasteiger partial charge in [-0.1, -0.05) is 18.2 Å². The highest BCUT2D eigenvalue weighted by Gasteiger charge is 2.14. The topological polar surface area (TPSA) is 37.3 Å². The largest absolute Gasteiger partial charge is 0.377 e. The van der Waals surface area contributed by atoms with E-state index in [2.05, 4.69) is 49.2 Å². The van der Waals surface area contributed by atoms with Crippen molar-refractivity contribution in [2.24, 2.45) is 7.05 Å². The molecular weight excluding hydrogens is 322 g/mol. The summed E-state index contributed by atoms with van der Waals surface area (Å²) in [4.78, 5) is 15.1. The normalized spacial score (nSPS) is 10.9. The molecule has 136 valence electrons. The number of para-hydroxylation sites is 1. The molecule has 0 saturated carbocycles. The fraction of sp³-hybridized carbons (Fsp3) is 0.318. The number of carbonyl (C=O) groups excluding carboxylic acids is 1. The first-order chi connectivity index (χ1) is 12.5. The van der Waals surface area contributed by atoms with Crippen LogP contribution in [0.4, 0.5) is 11.4 Å². The van der Waals surface area contributed by atoms with Gasteiger partial charge in [-0.2, -0.15) is 0 Å². The lowest BCUT2D eigenvalue weighted by atomic mass is 10.1. The highest BCUT2D eigenvalue weighted by atomic mass is 16.1. The van der Waals surface area contributed by atoms with Gasteiger partial charge in [-0.3, -0.25) is 4.79 Å². The van der Waals surface area contributed by atoms with Gasteiger partial charge >= 0.3 is 0 Å². The Morgan fingerprint density at radius 3 is 2.54 bits per heavy atom. The lowest BCUT2D eigenvalue weighted by Crippen LogP contribution is -2.22. The molecule has 1 aromatic heterocycles. The quantitative estimate of drug-likeness (QED) is 0.632. The molecule has 26 heavy (non-hydrogen) atoms. The third-order valence-electron chi connectivity index (χ3n) is 4.98. The van der Waals surface area contributed by atoms with Crippen molar-refractivity contribution in [2.45, 2.75) is 20.8 Å². The van der Waals surface area contributed by atoms with Gasteiger partial charge in [0.25, 0.3) is 0 Å². The van der Waals surface area contributed by atoms with Crippen molar-refractivity contribution in [1.82, 2.24) is 4.57 Å². The van der Waals surface area contributed by atoms with Crippen LogP contribution in [-0.2, 0) is 7.05 Å². The van der Waals surface area contributed by atoms with E-state index >= 15 is 0 Å². The van der Waals surface area contributed by atoms with Crippen LogP contribution in [0.2, 0.25) is 0 Å². The number of ketones is 1. The van der Waals surface area contributed by atoms with Gasteiger partial charge < -0.3 is 14.8 Å². The van der Waals surface area contributed by atoms with E-state index in [1.165, 1.54) is 5.69 Å². The summed E-state index contributed by atoms with van der Waals surface area (Å²) in [5.74, 6) is 0.106. The number of rotatable bonds is 7. The van der Waals surface area contributed by atoms with Crippen molar-refractivity contribution in [3.63, 3.8) is 0 Å². The third-order valence-corrected chi connectivity index (χ3v) is 4.98. The molecule has 2 aromatic carbocycles. The van der Waals surface area contributed by atoms with Crippen LogP contribution in [0.3, 0.4) is 0 Å². The summed E-state index contributed by atoms with van der Waals surface area (Å²) in [6.07, 6.45) is 1.92. The molecule has 3 rings (SSSR count). The number of Topliss-reactive ketones (excluding diaryl/α,β-unsaturated/α-hetero) is 1. The average molecular weight is 349 g/mol. The molecule has 0 aliphatic carbocycles. The van der Waals surface area contributed by atoms with Crippen LogP contribution in [0.5, 0.6) is 0 Å². The van der Waals surface area contributed by atoms with Crippen LogP contribution < -0.4 is 10.2 Å². The fourth-order valence-corrected chi connectivity index (χ4v) is 3.47. The van der Waals surface area contributed by atoms with Gasteiger partial charge in [-0.15, -0.1) is 0 Å². The van der Waals surface area contributed by atoms with E-state index in [0.717, 1.165) is 40.8 Å². The zero-order chi connectivity index (χ0) is 18.7. The number of benzene rings is 2. The zero-order valence-corrected chi connectivity index (χ0v) is 16.0. The van der Waals surface area contributed by atoms with E-state index in [-0.39, 0.29) is 5.78 Å². The molecule has 0 unspecified atom stereocenters. The summed E-state index contributed by atoms with van der Waals surface area (Å²) in [6.45, 7) is 8.67. The molecule has 0 aliphatic heterocycles. The molecule has 0 atom stereocenters. The monoisotopic (exact) mass is 349 g/mol. The lowest BCUT2D eigenvalue weighted by molar-refractivity contribution is 0.101. The van der Waals surface area contributed by atoms with Gasteiger partial charge in [0.15, 0.2) is 5.78 Å². The van der Waals surface area contributed by atoms with Crippen molar-refractivity contribution in [3.8, 4) is 0 Å². The summed E-state index contributed by atoms with van der Waals surface area (Å²) >= 11 is 0. The molecule has 1 N–H and O–H groups in total. The van der Waals surface area contributed by atoms with Crippen molar-refractivity contribution in [2.75, 3.05) is 29.9 Å². The second-order valence-electron chi connectivity index (χ2n) is 6.62. The smallest absolute Gasteiger partial charge is 0.184 e. The van der Waals surface area contributed by atoms with E-state index in [1.807, 2.05) is 42.1 Å². The predicted octanol–water partition coefficient (Wildman–Crippen LogP) is 4.63. The fourth-order valence-electron chi connectivity index (χ4n) is 3.47. The van der Waals surface area contributed by atoms with E-state index in [0.29, 0.717) is 6.54 Å². The molecule has 0 saturated heterocycles. The number of aromatic nitrogens is 1. The minimum Gasteiger partial charge on any atom is -0.377 e. The Kier molecular flexibility index (Phi) is 5.31. The van der Waals surface area contributed by atoms with Crippen LogP contribution in [0.15, 0.2) is 48.7 Å². The van der Waals surface area contributed by atoms with Gasteiger partial charge in [-0.05, 0) is 50.6 Å². The number of anilines is 2. The maximum atomic E-state index is 12.7. The average Bonchev–Trinajstić information content (AvgIpc) is 2.99. The summed E-state index contributed by atoms with van der Waals surface area (Å²) in [6, 6.07) is 14.4. The van der Waals surface area contributed by atoms with E-state index in [1.54, 1.807) is 0 Å². The van der Waals surface area contributed by atoms with Gasteiger partial charge in [0.1, 0.15) is 0 Å². The highest BCUT2D eigenvalue weighted by molar-refractivity contribution is 6.09. The number of nitrogens with zero attached hydrogens (tertiary/aromatic N) is 2. The van der Waals surface area contributed by atoms with Crippen molar-refractivity contribution >= 4 is 28.1 Å². The maximum Gasteiger partial charge on any atom is 0.184 e. The molecule has 0 spiro atoms. The number of nitrogens with one attached hydrogen (secondary N) is 1. The van der Waals surface area contributed by atoms with Gasteiger partial charge in [-0.25, -0.2) is 0 Å². The highest BCUT2D eigenvalue weighted by Crippen LogP contribution is 2.24. The summed E-state index contributed by atoms with van der Waals surface area (Å²) in [5, 5.41) is 4.32. The first kappa shape index (κ1) is 18.1. The Bertz CT molecular complexity index is 922. The van der Waals surface area contributed by atoms with Crippen LogP contribution in [-0.4, -0.2) is 30.0 Å². The number of aryl methyl sites for hydroxylation is 2. The molecule has 0 bridgehead atoms. The molecule has 0 radical (unpaired) electrons. The minimum absolute atomic E-state index is 0.106. The van der Waals surface area contributed by atoms with Gasteiger partial charge in [0.2, 0.25) is 0 Å². The Morgan fingerprint density at radius 1 is 1.12 bits per heavy atom. The van der Waals surface area contributed by atoms with Crippen LogP contribution in [0.1, 0.15) is 29.8 Å². The summed E-state index contributed by atoms with van der Waals surface area (Å²) in [7, 11) is 1.97. The second kappa shape index (κ2) is 7.65. The third kappa shape index (κ3) is 3.45. The van der Waals surface area contributed by atoms with E-state index < -0.39 is 0 Å². The molecule has 3 aromatic rings. The van der Waals surface area contributed by atoms with Gasteiger partial charge in [0, 0.05) is 54.2 Å². The van der Waals surface area contributed by atoms with Crippen LogP contribution in [0, 0.1) is 6.92 Å². The van der Waals surface area contributed by atoms with Crippen LogP contribution >= 0.6 is 0 Å². The molecule has 4 nitrogen and oxygen atoms in total. The molecule has 0 amide bonds. The molecule has 0 fully saturated rings. The van der Waals surface area contributed by atoms with Gasteiger partial charge in [0.05, 0.1) is 6.54 Å². The molecule has 4 heteroatoms. The Hall–Kier alpha value is -2.75. The predicted molar refractivity (Wildman–Crippen MR) is 110 cm³/mol. The Balaban J connectivity index is 1.75. The maximum absolute atomic E-state index is 12.7. The SMILES string of the molecule is CCN(CC)c1ccc(NCC(=O)c2cn(C)c3ccccc23)c(C)c1. The second-order valence-corrected chi connectivity index (χ2v) is 6.62. The first-order valence-electron chi connectivity index (χ1n) is 9.21. The van der Waals surface area contributed by atoms with E-state index in [9.17, 15) is 4.79 Å². The van der Waals surface area contributed by atoms with Crippen molar-refractivity contribution < 1.29 is 4.79 Å². The standard InChI is InChI=1S/C22H27N3O/c1-5-25(6-2)17-11-12-20(16(3)13-17)23-14-22(26)19-15-24(4)21-10-8-7-9-18(19)21/h7-13,15,23H,5-6,14H2,1-4H3. The summed E-state index contributed by atoms with van der Waals surface area (Å²) in [5.41, 5.74) is 5.23. The lowest BCUT2D eigenvalue weighted by Gasteiger charge is -2.22. The number of fused-ring (bicyclic) bond motifs is 1. The summed E-state index contributed by atoms with van der Waals surface area (Å²) < 4.78 is 2.01. The molecule has 1 heterocycles. The van der Waals surface area contributed by atoms with Crippen molar-refractivity contribution in [3.05, 3.63) is 59.8 Å². The van der Waals surface area contributed by atoms with Crippen molar-refractivity contribution in [1.29, 1.82) is 0 Å². The number of hydrogen-bond donors (Lipinski definition) is 1. The Morgan fingerprint density at radius 2 is 1.85 bits per heavy atom. The molecule has 0 aliphatic rings. The minimum atomic E-state index is 0.106.